The molecule has 0 aliphatic heterocycles. The van der Waals surface area contributed by atoms with Crippen LogP contribution in [-0.2, 0) is 17.8 Å². The van der Waals surface area contributed by atoms with Crippen molar-refractivity contribution in [2.45, 2.75) is 78.7 Å². The van der Waals surface area contributed by atoms with Gasteiger partial charge in [0.25, 0.3) is 0 Å². The molecule has 164 valence electrons. The van der Waals surface area contributed by atoms with E-state index in [9.17, 15) is 14.3 Å². The predicted molar refractivity (Wildman–Crippen MR) is 118 cm³/mol. The van der Waals surface area contributed by atoms with E-state index in [0.29, 0.717) is 5.56 Å². The van der Waals surface area contributed by atoms with Gasteiger partial charge in [-0.15, -0.1) is 0 Å². The fraction of sp³-hybridized carbons (Fsp3) is 0.520. The molecular weight excluding hydrogens is 381 g/mol. The minimum atomic E-state index is -1.14. The number of ether oxygens (including phenoxy) is 1. The molecule has 0 saturated heterocycles. The quantitative estimate of drug-likeness (QED) is 0.365. The van der Waals surface area contributed by atoms with E-state index in [0.717, 1.165) is 53.8 Å². The third-order valence-electron chi connectivity index (χ3n) is 5.34. The zero-order valence-electron chi connectivity index (χ0n) is 18.8. The minimum absolute atomic E-state index is 0.0966. The highest BCUT2D eigenvalue weighted by Gasteiger charge is 2.23. The molecule has 1 heterocycles. The van der Waals surface area contributed by atoms with Crippen molar-refractivity contribution in [3.8, 4) is 11.1 Å². The predicted octanol–water partition coefficient (Wildman–Crippen LogP) is 6.30. The molecule has 0 fully saturated rings. The molecule has 2 aromatic rings. The third-order valence-corrected chi connectivity index (χ3v) is 5.34. The van der Waals surface area contributed by atoms with E-state index in [1.165, 1.54) is 5.56 Å². The highest BCUT2D eigenvalue weighted by Crippen LogP contribution is 2.37. The van der Waals surface area contributed by atoms with Crippen LogP contribution in [0.25, 0.3) is 11.1 Å². The van der Waals surface area contributed by atoms with Gasteiger partial charge in [-0.2, -0.15) is 0 Å². The Balaban J connectivity index is 2.70. The highest BCUT2D eigenvalue weighted by atomic mass is 19.1. The van der Waals surface area contributed by atoms with Crippen LogP contribution in [0.4, 0.5) is 4.39 Å². The molecule has 0 amide bonds. The number of esters is 1. The van der Waals surface area contributed by atoms with Gasteiger partial charge in [0, 0.05) is 17.0 Å². The molecule has 30 heavy (non-hydrogen) atoms. The van der Waals surface area contributed by atoms with Crippen LogP contribution < -0.4 is 0 Å². The number of aliphatic hydroxyl groups is 1. The number of rotatable bonds is 10. The smallest absolute Gasteiger partial charge is 0.340 e. The van der Waals surface area contributed by atoms with E-state index < -0.39 is 12.8 Å². The van der Waals surface area contributed by atoms with E-state index in [1.54, 1.807) is 12.1 Å². The van der Waals surface area contributed by atoms with Crippen LogP contribution in [0.15, 0.2) is 24.3 Å². The molecule has 0 unspecified atom stereocenters. The summed E-state index contributed by atoms with van der Waals surface area (Å²) in [5, 5.41) is 10.3. The Bertz CT molecular complexity index is 844. The van der Waals surface area contributed by atoms with Crippen LogP contribution in [0, 0.1) is 0 Å². The third kappa shape index (κ3) is 5.45. The van der Waals surface area contributed by atoms with Gasteiger partial charge in [0.15, 0.2) is 0 Å². The average Bonchev–Trinajstić information content (AvgIpc) is 2.73. The molecule has 0 atom stereocenters. The molecule has 0 aliphatic carbocycles. The van der Waals surface area contributed by atoms with Crippen LogP contribution in [-0.4, -0.2) is 22.9 Å². The van der Waals surface area contributed by atoms with Gasteiger partial charge < -0.3 is 9.84 Å². The van der Waals surface area contributed by atoms with E-state index in [1.807, 2.05) is 12.1 Å². The van der Waals surface area contributed by atoms with E-state index >= 15 is 0 Å². The summed E-state index contributed by atoms with van der Waals surface area (Å²) in [6.45, 7) is 9.41. The highest BCUT2D eigenvalue weighted by molar-refractivity contribution is 5.90. The zero-order valence-corrected chi connectivity index (χ0v) is 18.8. The van der Waals surface area contributed by atoms with E-state index in [-0.39, 0.29) is 18.4 Å². The second-order valence-electron chi connectivity index (χ2n) is 8.26. The van der Waals surface area contributed by atoms with Crippen LogP contribution >= 0.6 is 0 Å². The number of unbranched alkanes of at least 4 members (excludes halogenated alkanes) is 2. The summed E-state index contributed by atoms with van der Waals surface area (Å²) in [5.41, 5.74) is 6.25. The number of aliphatic hydroxyl groups excluding tert-OH is 1. The van der Waals surface area contributed by atoms with Gasteiger partial charge in [-0.3, -0.25) is 4.98 Å². The summed E-state index contributed by atoms with van der Waals surface area (Å²) in [6.07, 6.45) is 4.20. The lowest BCUT2D eigenvalue weighted by Crippen LogP contribution is -2.12. The number of pyridine rings is 1. The molecule has 0 radical (unpaired) electrons. The fourth-order valence-electron chi connectivity index (χ4n) is 3.88. The van der Waals surface area contributed by atoms with E-state index in [4.69, 9.17) is 4.98 Å². The number of carbonyl (C=O) groups is 1. The molecule has 4 nitrogen and oxygen atoms in total. The van der Waals surface area contributed by atoms with Gasteiger partial charge in [-0.25, -0.2) is 9.18 Å². The van der Waals surface area contributed by atoms with Crippen molar-refractivity contribution in [2.75, 3.05) is 6.86 Å². The maximum atomic E-state index is 12.3. The maximum Gasteiger partial charge on any atom is 0.340 e. The number of aromatic nitrogens is 1. The molecule has 1 aromatic carbocycles. The summed E-state index contributed by atoms with van der Waals surface area (Å²) in [6, 6.07) is 6.99. The van der Waals surface area contributed by atoms with Crippen molar-refractivity contribution in [1.82, 2.24) is 4.98 Å². The monoisotopic (exact) mass is 415 g/mol. The average molecular weight is 416 g/mol. The van der Waals surface area contributed by atoms with Crippen LogP contribution in [0.1, 0.15) is 98.6 Å². The van der Waals surface area contributed by atoms with Gasteiger partial charge >= 0.3 is 5.97 Å². The van der Waals surface area contributed by atoms with Gasteiger partial charge in [0.1, 0.15) is 0 Å². The molecule has 5 heteroatoms. The number of carbonyl (C=O) groups excluding carboxylic acids is 1. The van der Waals surface area contributed by atoms with Gasteiger partial charge in [0.05, 0.1) is 12.2 Å². The molecule has 2 rings (SSSR count). The fourth-order valence-corrected chi connectivity index (χ4v) is 3.88. The van der Waals surface area contributed by atoms with Crippen molar-refractivity contribution in [3.63, 3.8) is 0 Å². The minimum Gasteiger partial charge on any atom is -0.430 e. The lowest BCUT2D eigenvalue weighted by Gasteiger charge is -2.24. The summed E-state index contributed by atoms with van der Waals surface area (Å²) < 4.78 is 16.8. The first kappa shape index (κ1) is 24.0. The number of halogens is 1. The summed E-state index contributed by atoms with van der Waals surface area (Å²) in [5.74, 6) is -0.258. The Hall–Kier alpha value is -2.27. The Labute approximate surface area is 179 Å². The van der Waals surface area contributed by atoms with Crippen LogP contribution in [0.3, 0.4) is 0 Å². The second-order valence-corrected chi connectivity index (χ2v) is 8.26. The normalized spacial score (nSPS) is 11.4. The Morgan fingerprint density at radius 2 is 1.63 bits per heavy atom. The molecular formula is C25H34FNO3. The van der Waals surface area contributed by atoms with Gasteiger partial charge in [-0.1, -0.05) is 59.6 Å². The van der Waals surface area contributed by atoms with Crippen molar-refractivity contribution in [1.29, 1.82) is 0 Å². The van der Waals surface area contributed by atoms with Crippen molar-refractivity contribution in [3.05, 3.63) is 52.3 Å². The van der Waals surface area contributed by atoms with E-state index in [2.05, 4.69) is 39.4 Å². The summed E-state index contributed by atoms with van der Waals surface area (Å²) >= 11 is 0. The molecule has 1 N–H and O–H groups in total. The number of alkyl halides is 1. The molecule has 1 aromatic heterocycles. The van der Waals surface area contributed by atoms with Gasteiger partial charge in [-0.05, 0) is 53.5 Å². The number of benzene rings is 1. The summed E-state index contributed by atoms with van der Waals surface area (Å²) in [7, 11) is 0. The lowest BCUT2D eigenvalue weighted by atomic mass is 9.85. The molecule has 0 saturated carbocycles. The second kappa shape index (κ2) is 11.2. The topological polar surface area (TPSA) is 59.4 Å². The van der Waals surface area contributed by atoms with Crippen molar-refractivity contribution < 1.29 is 19.0 Å². The molecule has 0 spiro atoms. The number of hydrogen-bond donors (Lipinski definition) is 1. The number of hydrogen-bond acceptors (Lipinski definition) is 4. The first-order chi connectivity index (χ1) is 14.3. The molecule has 0 bridgehead atoms. The Morgan fingerprint density at radius 1 is 1.03 bits per heavy atom. The van der Waals surface area contributed by atoms with Crippen LogP contribution in [0.5, 0.6) is 0 Å². The Morgan fingerprint density at radius 3 is 2.13 bits per heavy atom. The zero-order chi connectivity index (χ0) is 22.3. The molecule has 0 aliphatic rings. The lowest BCUT2D eigenvalue weighted by molar-refractivity contribution is 0.0324. The maximum absolute atomic E-state index is 12.3. The summed E-state index contributed by atoms with van der Waals surface area (Å²) in [4.78, 5) is 16.8. The van der Waals surface area contributed by atoms with Crippen molar-refractivity contribution >= 4 is 5.97 Å². The Kier molecular flexibility index (Phi) is 8.97. The SMILES string of the molecule is CCCCCc1c(C(C)C)nc(C(C)C)c(CO)c1-c1ccc(C(=O)OCF)cc1. The van der Waals surface area contributed by atoms with Crippen molar-refractivity contribution in [2.24, 2.45) is 0 Å². The van der Waals surface area contributed by atoms with Crippen LogP contribution in [0.2, 0.25) is 0 Å². The first-order valence-corrected chi connectivity index (χ1v) is 10.8. The largest absolute Gasteiger partial charge is 0.430 e. The standard InChI is InChI=1S/C25H34FNO3/c1-6-7-8-9-20-22(18-10-12-19(13-11-18)25(29)30-15-26)21(14-28)24(17(4)5)27-23(20)16(2)3/h10-13,16-17,28H,6-9,14-15H2,1-5H3. The first-order valence-electron chi connectivity index (χ1n) is 10.8. The number of nitrogens with zero attached hydrogens (tertiary/aromatic N) is 1. The van der Waals surface area contributed by atoms with Gasteiger partial charge in [0.2, 0.25) is 6.86 Å².